The van der Waals surface area contributed by atoms with E-state index < -0.39 is 5.54 Å². The van der Waals surface area contributed by atoms with Crippen LogP contribution in [-0.4, -0.2) is 33.9 Å². The zero-order chi connectivity index (χ0) is 16.6. The Bertz CT molecular complexity index is 770. The second-order valence-electron chi connectivity index (χ2n) is 5.89. The Kier molecular flexibility index (Phi) is 3.52. The number of benzene rings is 1. The summed E-state index contributed by atoms with van der Waals surface area (Å²) in [5.74, 6) is 0.115. The Morgan fingerprint density at radius 2 is 2.04 bits per heavy atom. The van der Waals surface area contributed by atoms with E-state index >= 15 is 0 Å². The normalized spacial score (nSPS) is 21.2. The molecule has 1 aromatic carbocycles. The van der Waals surface area contributed by atoms with E-state index in [1.54, 1.807) is 25.2 Å². The molecule has 0 spiro atoms. The van der Waals surface area contributed by atoms with Gasteiger partial charge in [0.15, 0.2) is 5.96 Å². The predicted octanol–water partition coefficient (Wildman–Crippen LogP) is 2.06. The highest BCUT2D eigenvalue weighted by molar-refractivity contribution is 5.98. The summed E-state index contributed by atoms with van der Waals surface area (Å²) >= 11 is 0. The number of phenols is 1. The molecule has 1 saturated heterocycles. The lowest BCUT2D eigenvalue weighted by atomic mass is 9.90. The fourth-order valence-corrected chi connectivity index (χ4v) is 2.66. The highest BCUT2D eigenvalue weighted by Gasteiger charge is 2.39. The molecule has 0 bridgehead atoms. The number of carbonyl (C=O) groups is 1. The standard InChI is InChI=1S/C17H18N4O2/c1-17(10-15(23)21(2)16(18)20-17)14-8-4-7-13(19-14)11-5-3-6-12(22)9-11/h3-9,22H,10H2,1-2H3,(H2,18,20)/t17-/m0/s1. The van der Waals surface area contributed by atoms with Crippen LogP contribution in [-0.2, 0) is 10.3 Å². The summed E-state index contributed by atoms with van der Waals surface area (Å²) in [6, 6.07) is 12.4. The minimum absolute atomic E-state index is 0.0632. The van der Waals surface area contributed by atoms with Gasteiger partial charge in [-0.25, -0.2) is 0 Å². The van der Waals surface area contributed by atoms with E-state index in [1.807, 2.05) is 31.2 Å². The van der Waals surface area contributed by atoms with E-state index in [2.05, 4.69) is 10.3 Å². The van der Waals surface area contributed by atoms with Crippen LogP contribution >= 0.6 is 0 Å². The minimum atomic E-state index is -0.729. The average Bonchev–Trinajstić information content (AvgIpc) is 2.53. The van der Waals surface area contributed by atoms with E-state index in [9.17, 15) is 9.90 Å². The molecule has 6 nitrogen and oxygen atoms in total. The van der Waals surface area contributed by atoms with Crippen molar-refractivity contribution in [1.82, 2.24) is 15.2 Å². The molecular formula is C17H18N4O2. The molecule has 1 aromatic heterocycles. The third-order valence-electron chi connectivity index (χ3n) is 4.06. The Morgan fingerprint density at radius 3 is 2.74 bits per heavy atom. The monoisotopic (exact) mass is 310 g/mol. The molecule has 1 fully saturated rings. The maximum absolute atomic E-state index is 12.1. The van der Waals surface area contributed by atoms with Gasteiger partial charge in [0, 0.05) is 12.6 Å². The SMILES string of the molecule is CN1C(=N)N[C@](C)(c2cccc(-c3cccc(O)c3)n2)CC1=O. The van der Waals surface area contributed by atoms with Gasteiger partial charge >= 0.3 is 0 Å². The molecular weight excluding hydrogens is 292 g/mol. The van der Waals surface area contributed by atoms with Gasteiger partial charge in [0.05, 0.1) is 23.3 Å². The molecule has 118 valence electrons. The molecule has 1 aliphatic rings. The highest BCUT2D eigenvalue weighted by Crippen LogP contribution is 2.29. The van der Waals surface area contributed by atoms with Crippen molar-refractivity contribution in [3.8, 4) is 17.0 Å². The number of nitrogens with one attached hydrogen (secondary N) is 2. The first-order chi connectivity index (χ1) is 10.9. The molecule has 1 aliphatic heterocycles. The smallest absolute Gasteiger partial charge is 0.231 e. The number of rotatable bonds is 2. The second-order valence-corrected chi connectivity index (χ2v) is 5.89. The highest BCUT2D eigenvalue weighted by atomic mass is 16.3. The van der Waals surface area contributed by atoms with Crippen LogP contribution in [0, 0.1) is 5.41 Å². The van der Waals surface area contributed by atoms with E-state index in [0.29, 0.717) is 11.4 Å². The fourth-order valence-electron chi connectivity index (χ4n) is 2.66. The van der Waals surface area contributed by atoms with Gasteiger partial charge in [0.1, 0.15) is 5.75 Å². The van der Waals surface area contributed by atoms with Crippen LogP contribution in [0.1, 0.15) is 19.0 Å². The van der Waals surface area contributed by atoms with Crippen LogP contribution in [0.4, 0.5) is 0 Å². The number of nitrogens with zero attached hydrogens (tertiary/aromatic N) is 2. The molecule has 2 aromatic rings. The molecule has 0 unspecified atom stereocenters. The lowest BCUT2D eigenvalue weighted by molar-refractivity contribution is -0.129. The summed E-state index contributed by atoms with van der Waals surface area (Å²) in [4.78, 5) is 18.0. The first kappa shape index (κ1) is 15.0. The molecule has 2 heterocycles. The van der Waals surface area contributed by atoms with Crippen molar-refractivity contribution in [2.24, 2.45) is 0 Å². The average molecular weight is 310 g/mol. The van der Waals surface area contributed by atoms with Crippen molar-refractivity contribution >= 4 is 11.9 Å². The van der Waals surface area contributed by atoms with Crippen molar-refractivity contribution in [3.63, 3.8) is 0 Å². The zero-order valence-electron chi connectivity index (χ0n) is 13.0. The Morgan fingerprint density at radius 1 is 1.30 bits per heavy atom. The largest absolute Gasteiger partial charge is 0.508 e. The molecule has 0 radical (unpaired) electrons. The molecule has 1 amide bonds. The van der Waals surface area contributed by atoms with Gasteiger partial charge in [-0.15, -0.1) is 0 Å². The van der Waals surface area contributed by atoms with Gasteiger partial charge < -0.3 is 10.4 Å². The van der Waals surface area contributed by atoms with Crippen LogP contribution in [0.2, 0.25) is 0 Å². The summed E-state index contributed by atoms with van der Waals surface area (Å²) in [6.07, 6.45) is 0.225. The van der Waals surface area contributed by atoms with E-state index in [1.165, 1.54) is 4.90 Å². The maximum atomic E-state index is 12.1. The lowest BCUT2D eigenvalue weighted by Gasteiger charge is -2.38. The lowest BCUT2D eigenvalue weighted by Crippen LogP contribution is -2.58. The van der Waals surface area contributed by atoms with E-state index in [-0.39, 0.29) is 24.0 Å². The van der Waals surface area contributed by atoms with Crippen LogP contribution in [0.25, 0.3) is 11.3 Å². The number of pyridine rings is 1. The number of phenolic OH excluding ortho intramolecular Hbond substituents is 1. The summed E-state index contributed by atoms with van der Waals surface area (Å²) < 4.78 is 0. The van der Waals surface area contributed by atoms with Crippen LogP contribution in [0.15, 0.2) is 42.5 Å². The second kappa shape index (κ2) is 5.39. The quantitative estimate of drug-likeness (QED) is 0.792. The fraction of sp³-hybridized carbons (Fsp3) is 0.235. The van der Waals surface area contributed by atoms with Gasteiger partial charge in [-0.2, -0.15) is 0 Å². The summed E-state index contributed by atoms with van der Waals surface area (Å²) in [5, 5.41) is 20.6. The number of hydrogen-bond donors (Lipinski definition) is 3. The van der Waals surface area contributed by atoms with E-state index in [4.69, 9.17) is 5.41 Å². The zero-order valence-corrected chi connectivity index (χ0v) is 13.0. The number of aromatic hydroxyl groups is 1. The Hall–Kier alpha value is -2.89. The molecule has 3 N–H and O–H groups in total. The summed E-state index contributed by atoms with van der Waals surface area (Å²) in [5.41, 5.74) is 1.46. The molecule has 0 aliphatic carbocycles. The van der Waals surface area contributed by atoms with Crippen LogP contribution in [0.5, 0.6) is 5.75 Å². The first-order valence-electron chi connectivity index (χ1n) is 7.29. The number of hydrogen-bond acceptors (Lipinski definition) is 4. The third kappa shape index (κ3) is 2.75. The molecule has 6 heteroatoms. The van der Waals surface area contributed by atoms with Gasteiger partial charge in [0.25, 0.3) is 0 Å². The van der Waals surface area contributed by atoms with Crippen molar-refractivity contribution < 1.29 is 9.90 Å². The molecule has 0 saturated carbocycles. The Balaban J connectivity index is 1.99. The van der Waals surface area contributed by atoms with Crippen molar-refractivity contribution in [2.75, 3.05) is 7.05 Å². The summed E-state index contributed by atoms with van der Waals surface area (Å²) in [6.45, 7) is 1.86. The van der Waals surface area contributed by atoms with Gasteiger partial charge in [-0.3, -0.25) is 20.1 Å². The van der Waals surface area contributed by atoms with Crippen molar-refractivity contribution in [2.45, 2.75) is 18.9 Å². The van der Waals surface area contributed by atoms with E-state index in [0.717, 1.165) is 5.56 Å². The minimum Gasteiger partial charge on any atom is -0.508 e. The van der Waals surface area contributed by atoms with Crippen molar-refractivity contribution in [3.05, 3.63) is 48.2 Å². The molecule has 23 heavy (non-hydrogen) atoms. The Labute approximate surface area is 134 Å². The van der Waals surface area contributed by atoms with Crippen molar-refractivity contribution in [1.29, 1.82) is 5.41 Å². The number of aromatic nitrogens is 1. The number of guanidine groups is 1. The topological polar surface area (TPSA) is 89.3 Å². The first-order valence-corrected chi connectivity index (χ1v) is 7.29. The van der Waals surface area contributed by atoms with Crippen LogP contribution < -0.4 is 5.32 Å². The summed E-state index contributed by atoms with van der Waals surface area (Å²) in [7, 11) is 1.58. The third-order valence-corrected chi connectivity index (χ3v) is 4.06. The predicted molar refractivity (Wildman–Crippen MR) is 86.9 cm³/mol. The molecule has 3 rings (SSSR count). The number of carbonyl (C=O) groups excluding carboxylic acids is 1. The molecule has 1 atom stereocenters. The van der Waals surface area contributed by atoms with Gasteiger partial charge in [-0.05, 0) is 31.2 Å². The van der Waals surface area contributed by atoms with Gasteiger partial charge in [-0.1, -0.05) is 18.2 Å². The van der Waals surface area contributed by atoms with Gasteiger partial charge in [0.2, 0.25) is 5.91 Å². The number of amides is 1. The van der Waals surface area contributed by atoms with Crippen LogP contribution in [0.3, 0.4) is 0 Å². The maximum Gasteiger partial charge on any atom is 0.231 e.